The third-order valence-electron chi connectivity index (χ3n) is 5.22. The molecule has 1 aromatic carbocycles. The van der Waals surface area contributed by atoms with Crippen molar-refractivity contribution in [3.05, 3.63) is 34.9 Å². The number of carbonyl (C=O) groups is 1. The van der Waals surface area contributed by atoms with E-state index in [0.717, 1.165) is 25.2 Å². The summed E-state index contributed by atoms with van der Waals surface area (Å²) in [5.41, 5.74) is 8.67. The molecule has 2 aliphatic rings. The summed E-state index contributed by atoms with van der Waals surface area (Å²) in [6.45, 7) is 6.28. The summed E-state index contributed by atoms with van der Waals surface area (Å²) in [5, 5.41) is 3.46. The monoisotopic (exact) mass is 287 g/mol. The number of benzene rings is 1. The predicted octanol–water partition coefficient (Wildman–Crippen LogP) is 1.81. The molecule has 2 heterocycles. The Balaban J connectivity index is 1.79. The van der Waals surface area contributed by atoms with Gasteiger partial charge in [-0.3, -0.25) is 9.69 Å². The number of piperidine rings is 1. The summed E-state index contributed by atoms with van der Waals surface area (Å²) in [6, 6.07) is 6.13. The van der Waals surface area contributed by atoms with Crippen LogP contribution in [-0.4, -0.2) is 36.0 Å². The van der Waals surface area contributed by atoms with Crippen LogP contribution in [0.4, 0.5) is 0 Å². The second kappa shape index (κ2) is 5.78. The molecule has 1 aromatic rings. The normalized spacial score (nSPS) is 21.8. The highest BCUT2D eigenvalue weighted by Gasteiger charge is 2.41. The number of primary amides is 1. The number of nitrogens with one attached hydrogen (secondary N) is 1. The molecule has 4 heteroatoms. The van der Waals surface area contributed by atoms with E-state index in [1.165, 1.54) is 37.8 Å². The van der Waals surface area contributed by atoms with E-state index >= 15 is 0 Å². The fraction of sp³-hybridized carbons (Fsp3) is 0.588. The zero-order chi connectivity index (χ0) is 14.9. The lowest BCUT2D eigenvalue weighted by Crippen LogP contribution is -2.50. The molecule has 3 N–H and O–H groups in total. The number of hydrogen-bond donors (Lipinski definition) is 2. The maximum atomic E-state index is 11.5. The molecule has 2 aliphatic heterocycles. The standard InChI is InChI=1S/C17H25N3O/c1-13-3-4-14(11-15(13)16(18)21)12-20-10-2-5-17(20)6-8-19-9-7-17/h3-4,11,19H,2,5-10,12H2,1H3,(H2,18,21). The Hall–Kier alpha value is -1.39. The zero-order valence-electron chi connectivity index (χ0n) is 12.8. The van der Waals surface area contributed by atoms with Crippen molar-refractivity contribution in [1.82, 2.24) is 10.2 Å². The number of nitrogens with zero attached hydrogens (tertiary/aromatic N) is 1. The minimum atomic E-state index is -0.327. The Kier molecular flexibility index (Phi) is 4.00. The molecule has 2 saturated heterocycles. The lowest BCUT2D eigenvalue weighted by Gasteiger charge is -2.42. The third kappa shape index (κ3) is 2.83. The smallest absolute Gasteiger partial charge is 0.248 e. The lowest BCUT2D eigenvalue weighted by molar-refractivity contribution is 0.0927. The van der Waals surface area contributed by atoms with Gasteiger partial charge in [-0.1, -0.05) is 12.1 Å². The first-order valence-corrected chi connectivity index (χ1v) is 7.96. The van der Waals surface area contributed by atoms with Gasteiger partial charge in [0.15, 0.2) is 0 Å². The molecule has 4 nitrogen and oxygen atoms in total. The van der Waals surface area contributed by atoms with Crippen LogP contribution in [0.2, 0.25) is 0 Å². The van der Waals surface area contributed by atoms with Gasteiger partial charge in [-0.15, -0.1) is 0 Å². The zero-order valence-corrected chi connectivity index (χ0v) is 12.8. The summed E-state index contributed by atoms with van der Waals surface area (Å²) in [7, 11) is 0. The highest BCUT2D eigenvalue weighted by atomic mass is 16.1. The number of rotatable bonds is 3. The van der Waals surface area contributed by atoms with Gasteiger partial charge in [0.25, 0.3) is 0 Å². The number of likely N-dealkylation sites (tertiary alicyclic amines) is 1. The van der Waals surface area contributed by atoms with Crippen LogP contribution in [0.3, 0.4) is 0 Å². The Bertz CT molecular complexity index is 535. The van der Waals surface area contributed by atoms with Crippen molar-refractivity contribution in [3.8, 4) is 0 Å². The summed E-state index contributed by atoms with van der Waals surface area (Å²) >= 11 is 0. The van der Waals surface area contributed by atoms with Gasteiger partial charge in [-0.25, -0.2) is 0 Å². The van der Waals surface area contributed by atoms with Crippen molar-refractivity contribution in [3.63, 3.8) is 0 Å². The molecular weight excluding hydrogens is 262 g/mol. The lowest BCUT2D eigenvalue weighted by atomic mass is 9.85. The van der Waals surface area contributed by atoms with E-state index in [9.17, 15) is 4.79 Å². The topological polar surface area (TPSA) is 58.4 Å². The average molecular weight is 287 g/mol. The van der Waals surface area contributed by atoms with Crippen molar-refractivity contribution in [2.24, 2.45) is 5.73 Å². The molecular formula is C17H25N3O. The first-order chi connectivity index (χ1) is 10.1. The molecule has 2 fully saturated rings. The van der Waals surface area contributed by atoms with E-state index in [1.807, 2.05) is 19.1 Å². The molecule has 21 heavy (non-hydrogen) atoms. The number of hydrogen-bond acceptors (Lipinski definition) is 3. The molecule has 0 atom stereocenters. The van der Waals surface area contributed by atoms with Gasteiger partial charge >= 0.3 is 0 Å². The van der Waals surface area contributed by atoms with Gasteiger partial charge in [-0.05, 0) is 69.4 Å². The molecule has 0 saturated carbocycles. The van der Waals surface area contributed by atoms with E-state index in [4.69, 9.17) is 5.73 Å². The van der Waals surface area contributed by atoms with Gasteiger partial charge < -0.3 is 11.1 Å². The number of amides is 1. The van der Waals surface area contributed by atoms with Crippen LogP contribution in [0.5, 0.6) is 0 Å². The van der Waals surface area contributed by atoms with Crippen LogP contribution in [0.1, 0.15) is 47.2 Å². The van der Waals surface area contributed by atoms with Crippen molar-refractivity contribution >= 4 is 5.91 Å². The van der Waals surface area contributed by atoms with Gasteiger partial charge in [0.05, 0.1) is 0 Å². The highest BCUT2D eigenvalue weighted by Crippen LogP contribution is 2.37. The van der Waals surface area contributed by atoms with Crippen molar-refractivity contribution < 1.29 is 4.79 Å². The maximum Gasteiger partial charge on any atom is 0.248 e. The fourth-order valence-corrected chi connectivity index (χ4v) is 3.95. The summed E-state index contributed by atoms with van der Waals surface area (Å²) in [6.07, 6.45) is 5.07. The Morgan fingerprint density at radius 3 is 2.81 bits per heavy atom. The highest BCUT2D eigenvalue weighted by molar-refractivity contribution is 5.94. The van der Waals surface area contributed by atoms with Crippen LogP contribution < -0.4 is 11.1 Å². The molecule has 3 rings (SSSR count). The van der Waals surface area contributed by atoms with E-state index in [2.05, 4.69) is 16.3 Å². The molecule has 0 bridgehead atoms. The largest absolute Gasteiger partial charge is 0.366 e. The fourth-order valence-electron chi connectivity index (χ4n) is 3.95. The van der Waals surface area contributed by atoms with Crippen LogP contribution in [-0.2, 0) is 6.54 Å². The molecule has 0 aromatic heterocycles. The summed E-state index contributed by atoms with van der Waals surface area (Å²) < 4.78 is 0. The minimum Gasteiger partial charge on any atom is -0.366 e. The number of aryl methyl sites for hydroxylation is 1. The van der Waals surface area contributed by atoms with E-state index in [1.54, 1.807) is 0 Å². The van der Waals surface area contributed by atoms with Crippen LogP contribution in [0.25, 0.3) is 0 Å². The molecule has 0 unspecified atom stereocenters. The van der Waals surface area contributed by atoms with Crippen LogP contribution in [0.15, 0.2) is 18.2 Å². The third-order valence-corrected chi connectivity index (χ3v) is 5.22. The summed E-state index contributed by atoms with van der Waals surface area (Å²) in [4.78, 5) is 14.1. The van der Waals surface area contributed by atoms with E-state index in [-0.39, 0.29) is 5.91 Å². The van der Waals surface area contributed by atoms with Crippen molar-refractivity contribution in [1.29, 1.82) is 0 Å². The van der Waals surface area contributed by atoms with Crippen LogP contribution in [0, 0.1) is 6.92 Å². The second-order valence-electron chi connectivity index (χ2n) is 6.51. The van der Waals surface area contributed by atoms with Crippen molar-refractivity contribution in [2.75, 3.05) is 19.6 Å². The molecule has 1 spiro atoms. The average Bonchev–Trinajstić information content (AvgIpc) is 2.84. The van der Waals surface area contributed by atoms with Gasteiger partial charge in [0.1, 0.15) is 0 Å². The summed E-state index contributed by atoms with van der Waals surface area (Å²) in [5.74, 6) is -0.327. The van der Waals surface area contributed by atoms with Crippen molar-refractivity contribution in [2.45, 2.75) is 44.7 Å². The van der Waals surface area contributed by atoms with E-state index in [0.29, 0.717) is 11.1 Å². The first-order valence-electron chi connectivity index (χ1n) is 7.96. The minimum absolute atomic E-state index is 0.327. The SMILES string of the molecule is Cc1ccc(CN2CCCC23CCNCC3)cc1C(N)=O. The van der Waals surface area contributed by atoms with E-state index < -0.39 is 0 Å². The van der Waals surface area contributed by atoms with Gasteiger partial charge in [-0.2, -0.15) is 0 Å². The Morgan fingerprint density at radius 2 is 2.10 bits per heavy atom. The first kappa shape index (κ1) is 14.5. The van der Waals surface area contributed by atoms with Gasteiger partial charge in [0, 0.05) is 17.6 Å². The number of carbonyl (C=O) groups excluding carboxylic acids is 1. The van der Waals surface area contributed by atoms with Gasteiger partial charge in [0.2, 0.25) is 5.91 Å². The molecule has 0 aliphatic carbocycles. The Labute approximate surface area is 126 Å². The number of nitrogens with two attached hydrogens (primary N) is 1. The molecule has 0 radical (unpaired) electrons. The quantitative estimate of drug-likeness (QED) is 0.891. The molecule has 1 amide bonds. The van der Waals surface area contributed by atoms with Crippen LogP contribution >= 0.6 is 0 Å². The Morgan fingerprint density at radius 1 is 1.33 bits per heavy atom. The maximum absolute atomic E-state index is 11.5. The predicted molar refractivity (Wildman–Crippen MR) is 84.2 cm³/mol. The molecule has 114 valence electrons. The second-order valence-corrected chi connectivity index (χ2v) is 6.51.